The number of halogens is 1. The van der Waals surface area contributed by atoms with Crippen LogP contribution in [0.1, 0.15) is 19.6 Å². The molecule has 0 amide bonds. The van der Waals surface area contributed by atoms with E-state index in [0.29, 0.717) is 16.5 Å². The molecule has 3 nitrogen and oxygen atoms in total. The zero-order valence-corrected chi connectivity index (χ0v) is 12.5. The molecule has 0 aliphatic carbocycles. The highest BCUT2D eigenvalue weighted by Gasteiger charge is 2.14. The van der Waals surface area contributed by atoms with Crippen molar-refractivity contribution in [3.8, 4) is 17.4 Å². The Bertz CT molecular complexity index is 718. The van der Waals surface area contributed by atoms with Crippen molar-refractivity contribution in [2.45, 2.75) is 13.8 Å². The molecule has 0 spiro atoms. The lowest BCUT2D eigenvalue weighted by Crippen LogP contribution is -2.08. The maximum Gasteiger partial charge on any atom is 0.176 e. The van der Waals surface area contributed by atoms with Gasteiger partial charge in [-0.3, -0.25) is 4.79 Å². The average Bonchev–Trinajstić information content (AvgIpc) is 2.93. The molecule has 1 heterocycles. The number of carbonyl (C=O) groups excluding carboxylic acids is 1. The van der Waals surface area contributed by atoms with Crippen LogP contribution in [0.3, 0.4) is 0 Å². The van der Waals surface area contributed by atoms with Crippen LogP contribution in [0.5, 0.6) is 0 Å². The molecule has 0 aliphatic rings. The summed E-state index contributed by atoms with van der Waals surface area (Å²) >= 11 is 5.84. The van der Waals surface area contributed by atoms with Crippen LogP contribution < -0.4 is 0 Å². The topological polar surface area (TPSA) is 54.0 Å². The number of hydrogen-bond acceptors (Lipinski definition) is 3. The summed E-state index contributed by atoms with van der Waals surface area (Å²) in [5.74, 6) is 0.723. The average molecular weight is 300 g/mol. The second-order valence-corrected chi connectivity index (χ2v) is 5.33. The van der Waals surface area contributed by atoms with Gasteiger partial charge in [-0.05, 0) is 36.4 Å². The van der Waals surface area contributed by atoms with E-state index in [2.05, 4.69) is 0 Å². The molecule has 0 saturated heterocycles. The minimum atomic E-state index is -0.221. The number of rotatable bonds is 4. The lowest BCUT2D eigenvalue weighted by atomic mass is 10.0. The van der Waals surface area contributed by atoms with Crippen molar-refractivity contribution < 1.29 is 9.21 Å². The first-order chi connectivity index (χ1) is 10.0. The monoisotopic (exact) mass is 299 g/mol. The Morgan fingerprint density at radius 3 is 2.48 bits per heavy atom. The van der Waals surface area contributed by atoms with E-state index < -0.39 is 0 Å². The molecule has 0 aliphatic heterocycles. The first kappa shape index (κ1) is 15.1. The van der Waals surface area contributed by atoms with Crippen LogP contribution in [0.15, 0.2) is 46.4 Å². The fourth-order valence-corrected chi connectivity index (χ4v) is 1.94. The Morgan fingerprint density at radius 2 is 1.90 bits per heavy atom. The molecular weight excluding hydrogens is 286 g/mol. The number of Topliss-reactive ketones (excluding diaryl/α,β-unsaturated/α-hetero) is 1. The summed E-state index contributed by atoms with van der Waals surface area (Å²) in [5, 5.41) is 9.72. The van der Waals surface area contributed by atoms with Gasteiger partial charge in [0.05, 0.1) is 5.57 Å². The van der Waals surface area contributed by atoms with Crippen molar-refractivity contribution in [3.05, 3.63) is 52.8 Å². The van der Waals surface area contributed by atoms with Crippen molar-refractivity contribution in [2.75, 3.05) is 0 Å². The normalized spacial score (nSPS) is 11.5. The molecule has 1 aromatic heterocycles. The van der Waals surface area contributed by atoms with E-state index in [1.165, 1.54) is 6.08 Å². The maximum absolute atomic E-state index is 11.8. The fourth-order valence-electron chi connectivity index (χ4n) is 1.81. The highest BCUT2D eigenvalue weighted by atomic mass is 35.5. The van der Waals surface area contributed by atoms with Crippen LogP contribution in [-0.4, -0.2) is 5.78 Å². The molecule has 0 radical (unpaired) electrons. The highest BCUT2D eigenvalue weighted by Crippen LogP contribution is 2.25. The second-order valence-electron chi connectivity index (χ2n) is 4.90. The van der Waals surface area contributed by atoms with Crippen LogP contribution in [0.2, 0.25) is 5.02 Å². The third-order valence-corrected chi connectivity index (χ3v) is 3.20. The third kappa shape index (κ3) is 3.62. The highest BCUT2D eigenvalue weighted by molar-refractivity contribution is 6.30. The Balaban J connectivity index is 2.29. The number of carbonyl (C=O) groups is 1. The van der Waals surface area contributed by atoms with Gasteiger partial charge in [-0.15, -0.1) is 0 Å². The number of benzene rings is 1. The van der Waals surface area contributed by atoms with Crippen molar-refractivity contribution in [1.82, 2.24) is 0 Å². The molecule has 0 atom stereocenters. The number of allylic oxidation sites excluding steroid dienone is 1. The lowest BCUT2D eigenvalue weighted by molar-refractivity contribution is -0.117. The van der Waals surface area contributed by atoms with Crippen LogP contribution in [0.25, 0.3) is 17.4 Å². The minimum absolute atomic E-state index is 0.0991. The van der Waals surface area contributed by atoms with E-state index in [9.17, 15) is 4.79 Å². The summed E-state index contributed by atoms with van der Waals surface area (Å²) < 4.78 is 5.65. The lowest BCUT2D eigenvalue weighted by Gasteiger charge is -2.00. The molecule has 21 heavy (non-hydrogen) atoms. The number of nitrogens with zero attached hydrogens (tertiary/aromatic N) is 1. The predicted octanol–water partition coefficient (Wildman–Crippen LogP) is 4.73. The summed E-state index contributed by atoms with van der Waals surface area (Å²) in [7, 11) is 0. The SMILES string of the molecule is CC(C)C(=O)C(C#N)=Cc1ccc(-c2ccc(Cl)cc2)o1. The van der Waals surface area contributed by atoms with Gasteiger partial charge in [0.1, 0.15) is 17.6 Å². The molecule has 0 unspecified atom stereocenters. The summed E-state index contributed by atoms with van der Waals surface area (Å²) in [6, 6.07) is 12.7. The molecule has 0 saturated carbocycles. The van der Waals surface area contributed by atoms with Crippen LogP contribution in [-0.2, 0) is 4.79 Å². The Kier molecular flexibility index (Phi) is 4.62. The van der Waals surface area contributed by atoms with Gasteiger partial charge in [0.25, 0.3) is 0 Å². The first-order valence-corrected chi connectivity index (χ1v) is 6.91. The Morgan fingerprint density at radius 1 is 1.24 bits per heavy atom. The molecule has 2 aromatic rings. The van der Waals surface area contributed by atoms with E-state index in [4.69, 9.17) is 21.3 Å². The number of hydrogen-bond donors (Lipinski definition) is 0. The number of furan rings is 1. The fraction of sp³-hybridized carbons (Fsp3) is 0.176. The van der Waals surface area contributed by atoms with E-state index >= 15 is 0 Å². The Labute approximate surface area is 128 Å². The summed E-state index contributed by atoms with van der Waals surface area (Å²) in [6.45, 7) is 3.52. The zero-order chi connectivity index (χ0) is 15.4. The van der Waals surface area contributed by atoms with E-state index in [1.807, 2.05) is 18.2 Å². The van der Waals surface area contributed by atoms with Crippen LogP contribution in [0.4, 0.5) is 0 Å². The molecule has 0 fully saturated rings. The smallest absolute Gasteiger partial charge is 0.176 e. The van der Waals surface area contributed by atoms with Gasteiger partial charge < -0.3 is 4.42 Å². The van der Waals surface area contributed by atoms with Crippen molar-refractivity contribution in [2.24, 2.45) is 5.92 Å². The number of ketones is 1. The van der Waals surface area contributed by atoms with Gasteiger partial charge in [0.2, 0.25) is 0 Å². The molecule has 0 bridgehead atoms. The van der Waals surface area contributed by atoms with Gasteiger partial charge in [-0.25, -0.2) is 0 Å². The molecule has 0 N–H and O–H groups in total. The van der Waals surface area contributed by atoms with E-state index in [-0.39, 0.29) is 17.3 Å². The molecule has 1 aromatic carbocycles. The minimum Gasteiger partial charge on any atom is -0.457 e. The first-order valence-electron chi connectivity index (χ1n) is 6.53. The molecule has 4 heteroatoms. The largest absolute Gasteiger partial charge is 0.457 e. The molecular formula is C17H14ClNO2. The quantitative estimate of drug-likeness (QED) is 0.605. The summed E-state index contributed by atoms with van der Waals surface area (Å²) in [4.78, 5) is 11.8. The van der Waals surface area contributed by atoms with Crippen molar-refractivity contribution in [1.29, 1.82) is 5.26 Å². The number of nitriles is 1. The van der Waals surface area contributed by atoms with Gasteiger partial charge in [0, 0.05) is 22.6 Å². The van der Waals surface area contributed by atoms with Gasteiger partial charge in [-0.1, -0.05) is 25.4 Å². The van der Waals surface area contributed by atoms with E-state index in [1.54, 1.807) is 38.1 Å². The molecule has 106 valence electrons. The zero-order valence-electron chi connectivity index (χ0n) is 11.8. The van der Waals surface area contributed by atoms with E-state index in [0.717, 1.165) is 5.56 Å². The van der Waals surface area contributed by atoms with Gasteiger partial charge in [0.15, 0.2) is 5.78 Å². The van der Waals surface area contributed by atoms with Crippen molar-refractivity contribution in [3.63, 3.8) is 0 Å². The van der Waals surface area contributed by atoms with Crippen molar-refractivity contribution >= 4 is 23.5 Å². The third-order valence-electron chi connectivity index (χ3n) is 2.95. The summed E-state index contributed by atoms with van der Waals surface area (Å²) in [6.07, 6.45) is 1.47. The maximum atomic E-state index is 11.8. The molecule has 2 rings (SSSR count). The Hall–Kier alpha value is -2.31. The summed E-state index contributed by atoms with van der Waals surface area (Å²) in [5.41, 5.74) is 0.981. The standard InChI is InChI=1S/C17H14ClNO2/c1-11(2)17(20)13(10-19)9-15-7-8-16(21-15)12-3-5-14(18)6-4-12/h3-9,11H,1-2H3. The van der Waals surface area contributed by atoms with Gasteiger partial charge >= 0.3 is 0 Å². The van der Waals surface area contributed by atoms with Gasteiger partial charge in [-0.2, -0.15) is 5.26 Å². The van der Waals surface area contributed by atoms with Crippen LogP contribution >= 0.6 is 11.6 Å². The second kappa shape index (κ2) is 6.43. The predicted molar refractivity (Wildman–Crippen MR) is 82.6 cm³/mol. The van der Waals surface area contributed by atoms with Crippen LogP contribution in [0, 0.1) is 17.2 Å².